The molecule has 6 nitrogen and oxygen atoms in total. The normalized spacial score (nSPS) is 11.9. The van der Waals surface area contributed by atoms with Crippen LogP contribution in [0.25, 0.3) is 10.9 Å². The van der Waals surface area contributed by atoms with Crippen molar-refractivity contribution in [3.63, 3.8) is 0 Å². The van der Waals surface area contributed by atoms with Gasteiger partial charge in [-0.15, -0.1) is 0 Å². The van der Waals surface area contributed by atoms with Crippen molar-refractivity contribution in [3.05, 3.63) is 101 Å². The lowest BCUT2D eigenvalue weighted by molar-refractivity contribution is -0.114. The number of hydrogen-bond donors (Lipinski definition) is 2. The summed E-state index contributed by atoms with van der Waals surface area (Å²) in [6, 6.07) is 25.5. The number of carbonyl (C=O) groups excluding carboxylic acids is 2. The van der Waals surface area contributed by atoms with Gasteiger partial charge in [-0.05, 0) is 34.4 Å². The highest BCUT2D eigenvalue weighted by Gasteiger charge is 2.40. The molecule has 0 spiro atoms. The topological polar surface area (TPSA) is 80.4 Å². The lowest BCUT2D eigenvalue weighted by Gasteiger charge is -2.36. The average molecular weight is 499 g/mol. The average Bonchev–Trinajstić information content (AvgIpc) is 3.28. The minimum absolute atomic E-state index is 0.0728. The van der Waals surface area contributed by atoms with Crippen LogP contribution < -0.4 is 5.32 Å². The lowest BCUT2D eigenvalue weighted by Crippen LogP contribution is -2.36. The maximum absolute atomic E-state index is 12.7. The van der Waals surface area contributed by atoms with E-state index in [1.54, 1.807) is 6.07 Å². The van der Waals surface area contributed by atoms with Crippen LogP contribution in [0.2, 0.25) is 5.04 Å². The van der Waals surface area contributed by atoms with Crippen LogP contribution in [0.4, 0.5) is 5.69 Å². The molecule has 7 heteroatoms. The van der Waals surface area contributed by atoms with Gasteiger partial charge >= 0.3 is 5.97 Å². The summed E-state index contributed by atoms with van der Waals surface area (Å²) in [6.45, 7) is 7.87. The fraction of sp³-hybridized carbons (Fsp3) is 0.241. The van der Waals surface area contributed by atoms with E-state index in [2.05, 4.69) is 55.3 Å². The van der Waals surface area contributed by atoms with Crippen molar-refractivity contribution in [2.24, 2.45) is 0 Å². The SMILES string of the molecule is COC(=O)c1cc(NC(C)=O)cc2[nH]c(C(O[Si]C(C)(C)C)(c3ccccc3)c3ccccc3)cc12. The summed E-state index contributed by atoms with van der Waals surface area (Å²) in [5.41, 5.74) is 3.28. The van der Waals surface area contributed by atoms with Crippen molar-refractivity contribution in [3.8, 4) is 0 Å². The summed E-state index contributed by atoms with van der Waals surface area (Å²) < 4.78 is 12.0. The molecular weight excluding hydrogens is 468 g/mol. The molecule has 3 aromatic carbocycles. The van der Waals surface area contributed by atoms with Crippen LogP contribution in [0.5, 0.6) is 0 Å². The molecule has 184 valence electrons. The number of hydrogen-bond acceptors (Lipinski definition) is 4. The Morgan fingerprint density at radius 3 is 1.97 bits per heavy atom. The molecule has 0 saturated carbocycles. The molecule has 0 unspecified atom stereocenters. The van der Waals surface area contributed by atoms with Gasteiger partial charge in [0.25, 0.3) is 0 Å². The molecule has 4 aromatic rings. The van der Waals surface area contributed by atoms with E-state index in [-0.39, 0.29) is 20.7 Å². The molecule has 0 aliphatic carbocycles. The van der Waals surface area contributed by atoms with Crippen LogP contribution in [-0.2, 0) is 19.6 Å². The van der Waals surface area contributed by atoms with Crippen molar-refractivity contribution in [2.45, 2.75) is 38.3 Å². The molecule has 1 aromatic heterocycles. The van der Waals surface area contributed by atoms with Gasteiger partial charge in [-0.2, -0.15) is 0 Å². The van der Waals surface area contributed by atoms with Gasteiger partial charge in [0.2, 0.25) is 15.7 Å². The maximum Gasteiger partial charge on any atom is 0.338 e. The highest BCUT2D eigenvalue weighted by atomic mass is 28.2. The number of benzene rings is 3. The van der Waals surface area contributed by atoms with Crippen LogP contribution in [0.15, 0.2) is 78.9 Å². The zero-order valence-electron chi connectivity index (χ0n) is 21.1. The van der Waals surface area contributed by atoms with Crippen molar-refractivity contribution in [1.82, 2.24) is 4.98 Å². The number of ether oxygens (including phenoxy) is 1. The van der Waals surface area contributed by atoms with Crippen LogP contribution in [0.1, 0.15) is 54.9 Å². The van der Waals surface area contributed by atoms with Crippen LogP contribution in [-0.4, -0.2) is 33.7 Å². The Bertz CT molecular complexity index is 1340. The predicted molar refractivity (Wildman–Crippen MR) is 143 cm³/mol. The van der Waals surface area contributed by atoms with E-state index in [4.69, 9.17) is 9.16 Å². The first-order valence-corrected chi connectivity index (χ1v) is 12.6. The van der Waals surface area contributed by atoms with Crippen LogP contribution >= 0.6 is 0 Å². The van der Waals surface area contributed by atoms with Gasteiger partial charge in [-0.25, -0.2) is 4.79 Å². The number of carbonyl (C=O) groups is 2. The molecule has 0 atom stereocenters. The third-order valence-corrected chi connectivity index (χ3v) is 6.73. The minimum atomic E-state index is -0.963. The Balaban J connectivity index is 2.04. The largest absolute Gasteiger partial charge is 0.465 e. The molecule has 0 aliphatic rings. The fourth-order valence-corrected chi connectivity index (χ4v) is 5.01. The van der Waals surface area contributed by atoms with E-state index in [0.29, 0.717) is 22.2 Å². The van der Waals surface area contributed by atoms with Gasteiger partial charge in [0.15, 0.2) is 0 Å². The van der Waals surface area contributed by atoms with Gasteiger partial charge in [-0.3, -0.25) is 4.79 Å². The number of esters is 1. The summed E-state index contributed by atoms with van der Waals surface area (Å²) in [5.74, 6) is -0.713. The van der Waals surface area contributed by atoms with Gasteiger partial charge in [-0.1, -0.05) is 81.4 Å². The number of fused-ring (bicyclic) bond motifs is 1. The third-order valence-electron chi connectivity index (χ3n) is 5.71. The van der Waals surface area contributed by atoms with E-state index >= 15 is 0 Å². The summed E-state index contributed by atoms with van der Waals surface area (Å²) >= 11 is 0. The van der Waals surface area contributed by atoms with Gasteiger partial charge in [0, 0.05) is 23.5 Å². The second-order valence-corrected chi connectivity index (χ2v) is 11.6. The van der Waals surface area contributed by atoms with Crippen LogP contribution in [0, 0.1) is 0 Å². The van der Waals surface area contributed by atoms with Crippen molar-refractivity contribution >= 4 is 38.2 Å². The number of methoxy groups -OCH3 is 1. The summed E-state index contributed by atoms with van der Waals surface area (Å²) in [5, 5.41) is 3.39. The number of amides is 1. The van der Waals surface area contributed by atoms with E-state index in [9.17, 15) is 9.59 Å². The number of rotatable bonds is 7. The Kier molecular flexibility index (Phi) is 7.15. The quantitative estimate of drug-likeness (QED) is 0.240. The molecular formula is C29H30N2O4Si. The smallest absolute Gasteiger partial charge is 0.338 e. The second kappa shape index (κ2) is 10.1. The summed E-state index contributed by atoms with van der Waals surface area (Å²) in [6.07, 6.45) is 0. The molecule has 2 radical (unpaired) electrons. The summed E-state index contributed by atoms with van der Waals surface area (Å²) in [7, 11) is 1.52. The zero-order valence-corrected chi connectivity index (χ0v) is 22.1. The number of anilines is 1. The standard InChI is InChI=1S/C29H30N2O4Si/c1-19(32)30-22-16-24(27(33)34-5)23-18-26(31-25(23)17-22)29(35-36-28(2,3)4,20-12-8-6-9-13-20)21-14-10-7-11-15-21/h6-18,31H,1-5H3,(H,30,32). The zero-order chi connectivity index (χ0) is 25.9. The van der Waals surface area contributed by atoms with Gasteiger partial charge < -0.3 is 19.5 Å². The molecule has 2 N–H and O–H groups in total. The first kappa shape index (κ1) is 25.4. The number of aromatic nitrogens is 1. The minimum Gasteiger partial charge on any atom is -0.465 e. The first-order chi connectivity index (χ1) is 17.1. The Morgan fingerprint density at radius 1 is 0.889 bits per heavy atom. The third kappa shape index (κ3) is 5.12. The number of aromatic amines is 1. The molecule has 0 aliphatic heterocycles. The first-order valence-electron chi connectivity index (χ1n) is 11.7. The molecule has 4 rings (SSSR count). The fourth-order valence-electron chi connectivity index (χ4n) is 4.21. The molecule has 0 saturated heterocycles. The molecule has 1 heterocycles. The number of H-pyrrole nitrogens is 1. The Labute approximate surface area is 214 Å². The van der Waals surface area contributed by atoms with Gasteiger partial charge in [0.1, 0.15) is 5.60 Å². The Morgan fingerprint density at radius 2 is 1.47 bits per heavy atom. The van der Waals surface area contributed by atoms with E-state index in [0.717, 1.165) is 16.8 Å². The van der Waals surface area contributed by atoms with E-state index < -0.39 is 11.6 Å². The monoisotopic (exact) mass is 498 g/mol. The van der Waals surface area contributed by atoms with E-state index in [1.807, 2.05) is 48.5 Å². The number of nitrogens with one attached hydrogen (secondary N) is 2. The molecule has 36 heavy (non-hydrogen) atoms. The highest BCUT2D eigenvalue weighted by molar-refractivity contribution is 6.32. The molecule has 1 amide bonds. The van der Waals surface area contributed by atoms with Crippen molar-refractivity contribution in [2.75, 3.05) is 12.4 Å². The van der Waals surface area contributed by atoms with Gasteiger partial charge in [0.05, 0.1) is 18.4 Å². The lowest BCUT2D eigenvalue weighted by atomic mass is 9.83. The highest BCUT2D eigenvalue weighted by Crippen LogP contribution is 2.43. The van der Waals surface area contributed by atoms with Crippen LogP contribution in [0.3, 0.4) is 0 Å². The predicted octanol–water partition coefficient (Wildman–Crippen LogP) is 6.06. The van der Waals surface area contributed by atoms with E-state index in [1.165, 1.54) is 14.0 Å². The van der Waals surface area contributed by atoms with Crippen molar-refractivity contribution < 1.29 is 18.8 Å². The Hall–Kier alpha value is -3.68. The molecule has 0 bridgehead atoms. The maximum atomic E-state index is 12.7. The summed E-state index contributed by atoms with van der Waals surface area (Å²) in [4.78, 5) is 28.0. The molecule has 0 fully saturated rings. The van der Waals surface area contributed by atoms with Crippen molar-refractivity contribution in [1.29, 1.82) is 0 Å². The second-order valence-electron chi connectivity index (χ2n) is 9.71.